The minimum Gasteiger partial charge on any atom is -0.373 e. The molecule has 1 saturated carbocycles. The van der Waals surface area contributed by atoms with E-state index in [1.165, 1.54) is 25.7 Å². The zero-order valence-electron chi connectivity index (χ0n) is 10.5. The van der Waals surface area contributed by atoms with Crippen molar-refractivity contribution in [1.82, 2.24) is 9.97 Å². The van der Waals surface area contributed by atoms with Crippen LogP contribution in [0.15, 0.2) is 12.3 Å². The van der Waals surface area contributed by atoms with Gasteiger partial charge in [0.15, 0.2) is 0 Å². The van der Waals surface area contributed by atoms with Gasteiger partial charge in [0.05, 0.1) is 0 Å². The van der Waals surface area contributed by atoms with E-state index in [4.69, 9.17) is 0 Å². The summed E-state index contributed by atoms with van der Waals surface area (Å²) in [7, 11) is 1.90. The van der Waals surface area contributed by atoms with E-state index in [0.717, 1.165) is 11.6 Å². The lowest BCUT2D eigenvalue weighted by Crippen LogP contribution is -2.21. The Morgan fingerprint density at radius 1 is 1.31 bits per heavy atom. The van der Waals surface area contributed by atoms with E-state index in [-0.39, 0.29) is 0 Å². The van der Waals surface area contributed by atoms with Crippen molar-refractivity contribution in [2.45, 2.75) is 45.4 Å². The van der Waals surface area contributed by atoms with Crippen molar-refractivity contribution in [2.75, 3.05) is 12.4 Å². The first-order valence-electron chi connectivity index (χ1n) is 6.11. The van der Waals surface area contributed by atoms with E-state index >= 15 is 0 Å². The molecule has 0 aliphatic heterocycles. The van der Waals surface area contributed by atoms with Crippen molar-refractivity contribution < 1.29 is 0 Å². The van der Waals surface area contributed by atoms with Crippen LogP contribution in [0.2, 0.25) is 0 Å². The minimum absolute atomic E-state index is 0.511. The predicted octanol–water partition coefficient (Wildman–Crippen LogP) is 3.20. The summed E-state index contributed by atoms with van der Waals surface area (Å²) in [4.78, 5) is 8.95. The number of nitrogens with one attached hydrogen (secondary N) is 1. The van der Waals surface area contributed by atoms with Crippen molar-refractivity contribution in [3.63, 3.8) is 0 Å². The third-order valence-corrected chi connectivity index (χ3v) is 3.63. The normalized spacial score (nSPS) is 20.7. The van der Waals surface area contributed by atoms with Gasteiger partial charge in [0.25, 0.3) is 0 Å². The largest absolute Gasteiger partial charge is 0.373 e. The highest BCUT2D eigenvalue weighted by Crippen LogP contribution is 2.41. The first kappa shape index (κ1) is 11.4. The summed E-state index contributed by atoms with van der Waals surface area (Å²) in [6, 6.07) is 1.91. The molecule has 0 aromatic carbocycles. The Morgan fingerprint density at radius 3 is 2.62 bits per heavy atom. The molecule has 0 amide bonds. The Morgan fingerprint density at radius 2 is 2.00 bits per heavy atom. The Balaban J connectivity index is 2.08. The average Bonchev–Trinajstić information content (AvgIpc) is 2.29. The average molecular weight is 219 g/mol. The van der Waals surface area contributed by atoms with E-state index in [1.807, 2.05) is 19.3 Å². The molecular formula is C13H21N3. The van der Waals surface area contributed by atoms with Gasteiger partial charge in [-0.25, -0.2) is 9.97 Å². The first-order valence-corrected chi connectivity index (χ1v) is 6.11. The van der Waals surface area contributed by atoms with E-state index in [2.05, 4.69) is 29.1 Å². The van der Waals surface area contributed by atoms with Crippen LogP contribution in [0.5, 0.6) is 0 Å². The molecule has 2 rings (SSSR count). The molecule has 3 heteroatoms. The first-order chi connectivity index (χ1) is 7.61. The van der Waals surface area contributed by atoms with E-state index < -0.39 is 0 Å². The molecule has 1 heterocycles. The highest BCUT2D eigenvalue weighted by molar-refractivity contribution is 5.32. The topological polar surface area (TPSA) is 37.8 Å². The van der Waals surface area contributed by atoms with Gasteiger partial charge < -0.3 is 5.32 Å². The molecule has 0 radical (unpaired) electrons. The SMILES string of the molecule is CNc1ccnc(C2CCC(C)(C)CC2)n1. The molecule has 1 aromatic heterocycles. The van der Waals surface area contributed by atoms with Crippen molar-refractivity contribution in [1.29, 1.82) is 0 Å². The molecule has 1 fully saturated rings. The monoisotopic (exact) mass is 219 g/mol. The lowest BCUT2D eigenvalue weighted by atomic mass is 9.73. The number of nitrogens with zero attached hydrogens (tertiary/aromatic N) is 2. The molecule has 1 aliphatic rings. The van der Waals surface area contributed by atoms with Gasteiger partial charge in [-0.3, -0.25) is 0 Å². The smallest absolute Gasteiger partial charge is 0.133 e. The molecule has 3 nitrogen and oxygen atoms in total. The molecule has 0 spiro atoms. The zero-order valence-corrected chi connectivity index (χ0v) is 10.5. The molecule has 1 aliphatic carbocycles. The molecule has 0 unspecified atom stereocenters. The van der Waals surface area contributed by atoms with Gasteiger partial charge >= 0.3 is 0 Å². The predicted molar refractivity (Wildman–Crippen MR) is 66.6 cm³/mol. The maximum Gasteiger partial charge on any atom is 0.133 e. The summed E-state index contributed by atoms with van der Waals surface area (Å²) in [6.45, 7) is 4.71. The van der Waals surface area contributed by atoms with Crippen LogP contribution in [0.3, 0.4) is 0 Å². The van der Waals surface area contributed by atoms with Crippen LogP contribution in [-0.4, -0.2) is 17.0 Å². The zero-order chi connectivity index (χ0) is 11.6. The fraction of sp³-hybridized carbons (Fsp3) is 0.692. The number of anilines is 1. The minimum atomic E-state index is 0.511. The summed E-state index contributed by atoms with van der Waals surface area (Å²) in [6.07, 6.45) is 6.86. The Kier molecular flexibility index (Phi) is 3.13. The summed E-state index contributed by atoms with van der Waals surface area (Å²) in [5.41, 5.74) is 0.511. The lowest BCUT2D eigenvalue weighted by molar-refractivity contribution is 0.221. The summed E-state index contributed by atoms with van der Waals surface area (Å²) in [5.74, 6) is 2.50. The molecule has 88 valence electrons. The highest BCUT2D eigenvalue weighted by atomic mass is 15.0. The Labute approximate surface area is 97.7 Å². The third kappa shape index (κ3) is 2.52. The Bertz CT molecular complexity index is 350. The van der Waals surface area contributed by atoms with Crippen LogP contribution in [0.25, 0.3) is 0 Å². The van der Waals surface area contributed by atoms with Gasteiger partial charge in [-0.15, -0.1) is 0 Å². The van der Waals surface area contributed by atoms with Crippen molar-refractivity contribution >= 4 is 5.82 Å². The van der Waals surface area contributed by atoms with Crippen LogP contribution in [0, 0.1) is 5.41 Å². The van der Waals surface area contributed by atoms with Crippen molar-refractivity contribution in [3.8, 4) is 0 Å². The fourth-order valence-corrected chi connectivity index (χ4v) is 2.37. The molecule has 0 atom stereocenters. The van der Waals surface area contributed by atoms with Gasteiger partial charge in [-0.2, -0.15) is 0 Å². The van der Waals surface area contributed by atoms with Gasteiger partial charge in [0.2, 0.25) is 0 Å². The van der Waals surface area contributed by atoms with E-state index in [0.29, 0.717) is 11.3 Å². The number of rotatable bonds is 2. The Hall–Kier alpha value is -1.12. The van der Waals surface area contributed by atoms with E-state index in [1.54, 1.807) is 0 Å². The maximum absolute atomic E-state index is 4.54. The number of hydrogen-bond donors (Lipinski definition) is 1. The van der Waals surface area contributed by atoms with Gasteiger partial charge in [0, 0.05) is 19.2 Å². The van der Waals surface area contributed by atoms with Gasteiger partial charge in [-0.1, -0.05) is 13.8 Å². The van der Waals surface area contributed by atoms with Gasteiger partial charge in [-0.05, 0) is 37.2 Å². The second-order valence-electron chi connectivity index (χ2n) is 5.49. The highest BCUT2D eigenvalue weighted by Gasteiger charge is 2.28. The second-order valence-corrected chi connectivity index (χ2v) is 5.49. The molecule has 0 saturated heterocycles. The lowest BCUT2D eigenvalue weighted by Gasteiger charge is -2.33. The van der Waals surface area contributed by atoms with Crippen LogP contribution < -0.4 is 5.32 Å². The number of aromatic nitrogens is 2. The summed E-state index contributed by atoms with van der Waals surface area (Å²) < 4.78 is 0. The standard InChI is InChI=1S/C13H21N3/c1-13(2)7-4-10(5-8-13)12-15-9-6-11(14-3)16-12/h6,9-10H,4-5,7-8H2,1-3H3,(H,14,15,16). The van der Waals surface area contributed by atoms with Crippen molar-refractivity contribution in [2.24, 2.45) is 5.41 Å². The number of hydrogen-bond acceptors (Lipinski definition) is 3. The second kappa shape index (κ2) is 4.40. The molecule has 16 heavy (non-hydrogen) atoms. The maximum atomic E-state index is 4.54. The quantitative estimate of drug-likeness (QED) is 0.830. The summed E-state index contributed by atoms with van der Waals surface area (Å²) >= 11 is 0. The van der Waals surface area contributed by atoms with Crippen LogP contribution in [0.1, 0.15) is 51.3 Å². The molecule has 1 aromatic rings. The molecular weight excluding hydrogens is 198 g/mol. The third-order valence-electron chi connectivity index (χ3n) is 3.63. The molecule has 0 bridgehead atoms. The van der Waals surface area contributed by atoms with E-state index in [9.17, 15) is 0 Å². The van der Waals surface area contributed by atoms with Crippen molar-refractivity contribution in [3.05, 3.63) is 18.1 Å². The summed E-state index contributed by atoms with van der Waals surface area (Å²) in [5, 5.41) is 3.07. The fourth-order valence-electron chi connectivity index (χ4n) is 2.37. The molecule has 1 N–H and O–H groups in total. The van der Waals surface area contributed by atoms with Crippen LogP contribution in [-0.2, 0) is 0 Å². The van der Waals surface area contributed by atoms with Crippen LogP contribution >= 0.6 is 0 Å². The van der Waals surface area contributed by atoms with Gasteiger partial charge in [0.1, 0.15) is 11.6 Å². The van der Waals surface area contributed by atoms with Crippen LogP contribution in [0.4, 0.5) is 5.82 Å².